The fraction of sp³-hybridized carbons (Fsp3) is 0.0455. The highest BCUT2D eigenvalue weighted by Crippen LogP contribution is 2.24. The molecule has 4 aromatic rings. The van der Waals surface area contributed by atoms with Gasteiger partial charge < -0.3 is 0 Å². The van der Waals surface area contributed by atoms with Crippen molar-refractivity contribution in [2.24, 2.45) is 0 Å². The van der Waals surface area contributed by atoms with E-state index in [-0.39, 0.29) is 17.9 Å². The Morgan fingerprint density at radius 2 is 1.76 bits per heavy atom. The van der Waals surface area contributed by atoms with Crippen LogP contribution in [0.1, 0.15) is 16.2 Å². The second-order valence-electron chi connectivity index (χ2n) is 6.29. The molecule has 0 bridgehead atoms. The molecule has 2 aromatic heterocycles. The number of pyridine rings is 1. The number of aromatic nitrogens is 3. The van der Waals surface area contributed by atoms with Gasteiger partial charge in [-0.3, -0.25) is 14.7 Å². The second kappa shape index (κ2) is 8.02. The summed E-state index contributed by atoms with van der Waals surface area (Å²) in [6.45, 7) is 0.0143. The highest BCUT2D eigenvalue weighted by molar-refractivity contribution is 6.04. The van der Waals surface area contributed by atoms with Gasteiger partial charge in [-0.25, -0.2) is 13.5 Å². The minimum absolute atomic E-state index is 0.0143. The van der Waals surface area contributed by atoms with Gasteiger partial charge in [0.05, 0.1) is 23.6 Å². The molecular weight excluding hydrogens is 374 g/mol. The molecule has 0 radical (unpaired) electrons. The number of halogens is 2. The first-order valence-corrected chi connectivity index (χ1v) is 8.90. The van der Waals surface area contributed by atoms with E-state index < -0.39 is 17.5 Å². The van der Waals surface area contributed by atoms with Crippen molar-refractivity contribution in [2.45, 2.75) is 6.54 Å². The maximum atomic E-state index is 14.5. The summed E-state index contributed by atoms with van der Waals surface area (Å²) in [7, 11) is 0. The van der Waals surface area contributed by atoms with Crippen LogP contribution in [0, 0.1) is 11.6 Å². The predicted molar refractivity (Wildman–Crippen MR) is 105 cm³/mol. The molecule has 0 atom stereocenters. The van der Waals surface area contributed by atoms with Crippen molar-refractivity contribution in [2.75, 3.05) is 4.90 Å². The maximum absolute atomic E-state index is 14.5. The van der Waals surface area contributed by atoms with Gasteiger partial charge in [0.1, 0.15) is 11.6 Å². The fourth-order valence-corrected chi connectivity index (χ4v) is 2.92. The molecule has 0 aliphatic heterocycles. The lowest BCUT2D eigenvalue weighted by Crippen LogP contribution is -2.32. The summed E-state index contributed by atoms with van der Waals surface area (Å²) in [6.07, 6.45) is 3.24. The Morgan fingerprint density at radius 3 is 2.48 bits per heavy atom. The number of nitrogens with zero attached hydrogens (tertiary/aromatic N) is 4. The molecule has 7 heteroatoms. The number of amides is 1. The molecule has 2 aromatic carbocycles. The summed E-state index contributed by atoms with van der Waals surface area (Å²) in [5.41, 5.74) is 1.44. The molecule has 0 unspecified atom stereocenters. The van der Waals surface area contributed by atoms with Crippen LogP contribution >= 0.6 is 0 Å². The van der Waals surface area contributed by atoms with Crippen LogP contribution in [0.25, 0.3) is 5.69 Å². The molecule has 1 amide bonds. The Balaban J connectivity index is 1.70. The summed E-state index contributed by atoms with van der Waals surface area (Å²) >= 11 is 0. The predicted octanol–water partition coefficient (Wildman–Crippen LogP) is 4.39. The van der Waals surface area contributed by atoms with Crippen molar-refractivity contribution >= 4 is 11.6 Å². The van der Waals surface area contributed by atoms with Gasteiger partial charge in [-0.05, 0) is 42.5 Å². The number of hydrogen-bond acceptors (Lipinski definition) is 3. The average molecular weight is 390 g/mol. The van der Waals surface area contributed by atoms with Crippen LogP contribution in [0.4, 0.5) is 14.5 Å². The molecule has 0 aliphatic rings. The van der Waals surface area contributed by atoms with Gasteiger partial charge >= 0.3 is 0 Å². The van der Waals surface area contributed by atoms with Crippen molar-refractivity contribution in [1.29, 1.82) is 0 Å². The zero-order valence-corrected chi connectivity index (χ0v) is 15.2. The molecular formula is C22H16F2N4O. The van der Waals surface area contributed by atoms with Crippen LogP contribution in [0.2, 0.25) is 0 Å². The number of anilines is 1. The first kappa shape index (κ1) is 18.5. The molecule has 0 spiro atoms. The van der Waals surface area contributed by atoms with Gasteiger partial charge in [0.2, 0.25) is 0 Å². The molecule has 0 aliphatic carbocycles. The highest BCUT2D eigenvalue weighted by Gasteiger charge is 2.24. The average Bonchev–Trinajstić information content (AvgIpc) is 3.24. The molecule has 0 N–H and O–H groups in total. The Bertz CT molecular complexity index is 1130. The van der Waals surface area contributed by atoms with Crippen molar-refractivity contribution in [3.05, 3.63) is 108 Å². The van der Waals surface area contributed by atoms with E-state index >= 15 is 0 Å². The lowest BCUT2D eigenvalue weighted by atomic mass is 10.2. The van der Waals surface area contributed by atoms with Crippen LogP contribution in [-0.2, 0) is 6.54 Å². The molecule has 0 saturated heterocycles. The molecule has 0 saturated carbocycles. The van der Waals surface area contributed by atoms with Gasteiger partial charge in [-0.1, -0.05) is 24.3 Å². The monoisotopic (exact) mass is 390 g/mol. The van der Waals surface area contributed by atoms with Crippen LogP contribution in [-0.4, -0.2) is 20.7 Å². The fourth-order valence-electron chi connectivity index (χ4n) is 2.92. The van der Waals surface area contributed by atoms with E-state index in [9.17, 15) is 13.6 Å². The van der Waals surface area contributed by atoms with Crippen molar-refractivity contribution in [3.8, 4) is 5.69 Å². The minimum Gasteiger partial charge on any atom is -0.298 e. The topological polar surface area (TPSA) is 51.0 Å². The third-order valence-corrected chi connectivity index (χ3v) is 4.32. The lowest BCUT2D eigenvalue weighted by Gasteiger charge is -2.22. The van der Waals surface area contributed by atoms with Crippen LogP contribution in [0.5, 0.6) is 0 Å². The van der Waals surface area contributed by atoms with E-state index in [4.69, 9.17) is 0 Å². The Labute approximate surface area is 165 Å². The largest absolute Gasteiger partial charge is 0.298 e. The van der Waals surface area contributed by atoms with E-state index in [1.807, 2.05) is 30.3 Å². The Hall–Kier alpha value is -3.87. The van der Waals surface area contributed by atoms with Gasteiger partial charge in [0.25, 0.3) is 5.91 Å². The first-order chi connectivity index (χ1) is 14.1. The number of hydrogen-bond donors (Lipinski definition) is 0. The number of para-hydroxylation sites is 1. The van der Waals surface area contributed by atoms with Gasteiger partial charge in [-0.2, -0.15) is 5.10 Å². The zero-order valence-electron chi connectivity index (χ0n) is 15.2. The normalized spacial score (nSPS) is 10.7. The SMILES string of the molecule is O=C(c1ccn(-c2ccccc2)n1)N(Cc1ccccn1)c1ccc(F)cc1F. The minimum atomic E-state index is -0.836. The second-order valence-corrected chi connectivity index (χ2v) is 6.29. The molecule has 144 valence electrons. The molecule has 2 heterocycles. The number of benzene rings is 2. The molecule has 4 rings (SSSR count). The number of rotatable bonds is 5. The van der Waals surface area contributed by atoms with Crippen LogP contribution < -0.4 is 4.90 Å². The third-order valence-electron chi connectivity index (χ3n) is 4.32. The van der Waals surface area contributed by atoms with Crippen LogP contribution in [0.3, 0.4) is 0 Å². The molecule has 5 nitrogen and oxygen atoms in total. The van der Waals surface area contributed by atoms with E-state index in [1.54, 1.807) is 41.3 Å². The van der Waals surface area contributed by atoms with E-state index in [2.05, 4.69) is 10.1 Å². The number of carbonyl (C=O) groups is 1. The molecule has 29 heavy (non-hydrogen) atoms. The summed E-state index contributed by atoms with van der Waals surface area (Å²) in [4.78, 5) is 18.6. The molecule has 0 fully saturated rings. The highest BCUT2D eigenvalue weighted by atomic mass is 19.1. The maximum Gasteiger partial charge on any atom is 0.279 e. The standard InChI is InChI=1S/C22H16F2N4O/c23-16-9-10-21(19(24)14-16)27(15-17-6-4-5-12-25-17)22(29)20-11-13-28(26-20)18-7-2-1-3-8-18/h1-14H,15H2. The summed E-state index contributed by atoms with van der Waals surface area (Å²) in [5.74, 6) is -2.07. The van der Waals surface area contributed by atoms with Gasteiger partial charge in [-0.15, -0.1) is 0 Å². The quantitative estimate of drug-likeness (QED) is 0.508. The lowest BCUT2D eigenvalue weighted by molar-refractivity contribution is 0.0978. The Kier molecular flexibility index (Phi) is 5.11. The summed E-state index contributed by atoms with van der Waals surface area (Å²) in [5, 5.41) is 4.32. The van der Waals surface area contributed by atoms with Crippen LogP contribution in [0.15, 0.2) is 85.2 Å². The van der Waals surface area contributed by atoms with Crippen molar-refractivity contribution < 1.29 is 13.6 Å². The van der Waals surface area contributed by atoms with Gasteiger partial charge in [0, 0.05) is 18.5 Å². The summed E-state index contributed by atoms with van der Waals surface area (Å²) < 4.78 is 29.4. The third kappa shape index (κ3) is 4.03. The summed E-state index contributed by atoms with van der Waals surface area (Å²) in [6, 6.07) is 19.2. The van der Waals surface area contributed by atoms with E-state index in [0.29, 0.717) is 5.69 Å². The smallest absolute Gasteiger partial charge is 0.279 e. The van der Waals surface area contributed by atoms with E-state index in [1.165, 1.54) is 11.0 Å². The zero-order chi connectivity index (χ0) is 20.2. The number of carbonyl (C=O) groups excluding carboxylic acids is 1. The first-order valence-electron chi connectivity index (χ1n) is 8.90. The van der Waals surface area contributed by atoms with E-state index in [0.717, 1.165) is 17.8 Å². The Morgan fingerprint density at radius 1 is 0.966 bits per heavy atom. The van der Waals surface area contributed by atoms with Gasteiger partial charge in [0.15, 0.2) is 5.69 Å². The van der Waals surface area contributed by atoms with Crippen molar-refractivity contribution in [1.82, 2.24) is 14.8 Å². The van der Waals surface area contributed by atoms with Crippen molar-refractivity contribution in [3.63, 3.8) is 0 Å².